The summed E-state index contributed by atoms with van der Waals surface area (Å²) in [6, 6.07) is 5.91. The number of pyridine rings is 1. The molecule has 126 valence electrons. The third kappa shape index (κ3) is 4.39. The first-order chi connectivity index (χ1) is 11.7. The Morgan fingerprint density at radius 3 is 3.00 bits per heavy atom. The molecule has 0 radical (unpaired) electrons. The predicted octanol–water partition coefficient (Wildman–Crippen LogP) is 2.77. The van der Waals surface area contributed by atoms with Crippen LogP contribution in [0.3, 0.4) is 0 Å². The molecule has 3 rings (SSSR count). The molecule has 1 aromatic heterocycles. The van der Waals surface area contributed by atoms with Crippen molar-refractivity contribution in [2.24, 2.45) is 10.2 Å². The zero-order valence-corrected chi connectivity index (χ0v) is 13.6. The van der Waals surface area contributed by atoms with Crippen LogP contribution < -0.4 is 5.32 Å². The third-order valence-electron chi connectivity index (χ3n) is 4.47. The fraction of sp³-hybridized carbons (Fsp3) is 0.556. The summed E-state index contributed by atoms with van der Waals surface area (Å²) in [5.41, 5.74) is 0.524. The second-order valence-electron chi connectivity index (χ2n) is 6.29. The van der Waals surface area contributed by atoms with Crippen LogP contribution in [0.2, 0.25) is 0 Å². The smallest absolute Gasteiger partial charge is 0.220 e. The third-order valence-corrected chi connectivity index (χ3v) is 4.47. The van der Waals surface area contributed by atoms with Gasteiger partial charge >= 0.3 is 0 Å². The van der Waals surface area contributed by atoms with Crippen LogP contribution in [0.5, 0.6) is 0 Å². The Hall–Kier alpha value is -2.26. The maximum atomic E-state index is 12.2. The van der Waals surface area contributed by atoms with Crippen molar-refractivity contribution < 1.29 is 9.53 Å². The van der Waals surface area contributed by atoms with Crippen LogP contribution in [0.1, 0.15) is 50.3 Å². The summed E-state index contributed by atoms with van der Waals surface area (Å²) in [4.78, 5) is 16.6. The van der Waals surface area contributed by atoms with Crippen LogP contribution in [-0.2, 0) is 9.53 Å². The van der Waals surface area contributed by atoms with Crippen LogP contribution in [-0.4, -0.2) is 29.2 Å². The average molecular weight is 326 g/mol. The zero-order chi connectivity index (χ0) is 16.8. The molecular weight excluding hydrogens is 304 g/mol. The van der Waals surface area contributed by atoms with Crippen LogP contribution in [0.4, 0.5) is 0 Å². The minimum atomic E-state index is -0.393. The van der Waals surface area contributed by atoms with Crippen molar-refractivity contribution in [1.29, 1.82) is 0 Å². The number of carbonyl (C=O) groups excluding carboxylic acids is 1. The SMILES string of the molecule is C#CCCC1(CCC(=O)N[C@@H]2CCO[C@@H](c3ccccn3)C2)N=N1. The fourth-order valence-electron chi connectivity index (χ4n) is 2.98. The quantitative estimate of drug-likeness (QED) is 0.783. The van der Waals surface area contributed by atoms with Gasteiger partial charge in [0, 0.05) is 44.5 Å². The maximum absolute atomic E-state index is 12.2. The van der Waals surface area contributed by atoms with Crippen molar-refractivity contribution in [3.63, 3.8) is 0 Å². The number of ether oxygens (including phenoxy) is 1. The molecule has 3 heterocycles. The molecule has 1 fully saturated rings. The number of aromatic nitrogens is 1. The van der Waals surface area contributed by atoms with E-state index in [9.17, 15) is 4.79 Å². The van der Waals surface area contributed by atoms with Gasteiger partial charge in [0.25, 0.3) is 0 Å². The van der Waals surface area contributed by atoms with Gasteiger partial charge in [0.15, 0.2) is 5.66 Å². The van der Waals surface area contributed by atoms with Crippen molar-refractivity contribution in [2.75, 3.05) is 6.61 Å². The van der Waals surface area contributed by atoms with Gasteiger partial charge in [-0.05, 0) is 25.0 Å². The molecule has 24 heavy (non-hydrogen) atoms. The summed E-state index contributed by atoms with van der Waals surface area (Å²) in [6.45, 7) is 0.628. The Labute approximate surface area is 142 Å². The molecular formula is C18H22N4O2. The molecule has 0 bridgehead atoms. The van der Waals surface area contributed by atoms with Crippen LogP contribution >= 0.6 is 0 Å². The number of hydrogen-bond acceptors (Lipinski definition) is 5. The minimum absolute atomic E-state index is 0.0408. The summed E-state index contributed by atoms with van der Waals surface area (Å²) < 4.78 is 5.78. The van der Waals surface area contributed by atoms with Crippen LogP contribution in [0.15, 0.2) is 34.6 Å². The van der Waals surface area contributed by atoms with E-state index in [1.165, 1.54) is 0 Å². The lowest BCUT2D eigenvalue weighted by molar-refractivity contribution is -0.123. The second-order valence-corrected chi connectivity index (χ2v) is 6.29. The first-order valence-corrected chi connectivity index (χ1v) is 8.40. The van der Waals surface area contributed by atoms with E-state index >= 15 is 0 Å². The van der Waals surface area contributed by atoms with E-state index in [4.69, 9.17) is 11.2 Å². The molecule has 0 saturated carbocycles. The van der Waals surface area contributed by atoms with Gasteiger partial charge in [-0.3, -0.25) is 9.78 Å². The fourth-order valence-corrected chi connectivity index (χ4v) is 2.98. The molecule has 0 aliphatic carbocycles. The molecule has 0 unspecified atom stereocenters. The Balaban J connectivity index is 1.44. The summed E-state index contributed by atoms with van der Waals surface area (Å²) in [5, 5.41) is 11.2. The van der Waals surface area contributed by atoms with Gasteiger partial charge in [-0.2, -0.15) is 10.2 Å². The van der Waals surface area contributed by atoms with Gasteiger partial charge in [0.1, 0.15) is 6.10 Å². The number of nitrogens with one attached hydrogen (secondary N) is 1. The summed E-state index contributed by atoms with van der Waals surface area (Å²) >= 11 is 0. The van der Waals surface area contributed by atoms with Crippen molar-refractivity contribution in [1.82, 2.24) is 10.3 Å². The van der Waals surface area contributed by atoms with E-state index in [2.05, 4.69) is 26.4 Å². The monoisotopic (exact) mass is 326 g/mol. The van der Waals surface area contributed by atoms with E-state index < -0.39 is 5.66 Å². The van der Waals surface area contributed by atoms with Gasteiger partial charge in [-0.1, -0.05) is 6.07 Å². The van der Waals surface area contributed by atoms with E-state index in [1.807, 2.05) is 18.2 Å². The zero-order valence-electron chi connectivity index (χ0n) is 13.6. The molecule has 1 aromatic rings. The Morgan fingerprint density at radius 2 is 2.29 bits per heavy atom. The largest absolute Gasteiger partial charge is 0.372 e. The van der Waals surface area contributed by atoms with Crippen LogP contribution in [0.25, 0.3) is 0 Å². The summed E-state index contributed by atoms with van der Waals surface area (Å²) in [5.74, 6) is 2.64. The van der Waals surface area contributed by atoms with E-state index in [0.29, 0.717) is 25.9 Å². The van der Waals surface area contributed by atoms with Gasteiger partial charge < -0.3 is 10.1 Å². The highest BCUT2D eigenvalue weighted by atomic mass is 16.5. The lowest BCUT2D eigenvalue weighted by Gasteiger charge is -2.30. The van der Waals surface area contributed by atoms with Crippen LogP contribution in [0, 0.1) is 12.3 Å². The van der Waals surface area contributed by atoms with Gasteiger partial charge in [-0.25, -0.2) is 0 Å². The first-order valence-electron chi connectivity index (χ1n) is 8.40. The molecule has 0 aromatic carbocycles. The molecule has 6 nitrogen and oxygen atoms in total. The number of amides is 1. The standard InChI is InChI=1S/C18H22N4O2/c1-2-3-9-18(21-22-18)10-7-17(23)20-14-8-12-24-16(13-14)15-6-4-5-11-19-15/h1,4-6,11,14,16H,3,7-10,12-13H2,(H,20,23)/t14-,16-/m1/s1. The lowest BCUT2D eigenvalue weighted by atomic mass is 9.99. The van der Waals surface area contributed by atoms with E-state index in [-0.39, 0.29) is 18.1 Å². The van der Waals surface area contributed by atoms with Crippen molar-refractivity contribution in [2.45, 2.75) is 56.3 Å². The minimum Gasteiger partial charge on any atom is -0.372 e. The van der Waals surface area contributed by atoms with Gasteiger partial charge in [0.05, 0.1) is 5.69 Å². The Morgan fingerprint density at radius 1 is 1.42 bits per heavy atom. The molecule has 0 spiro atoms. The van der Waals surface area contributed by atoms with Crippen molar-refractivity contribution in [3.05, 3.63) is 30.1 Å². The summed E-state index contributed by atoms with van der Waals surface area (Å²) in [7, 11) is 0. The molecule has 1 amide bonds. The topological polar surface area (TPSA) is 75.9 Å². The van der Waals surface area contributed by atoms with Gasteiger partial charge in [0.2, 0.25) is 5.91 Å². The highest BCUT2D eigenvalue weighted by Gasteiger charge is 2.39. The molecule has 1 saturated heterocycles. The number of rotatable bonds is 7. The Bertz CT molecular complexity index is 632. The molecule has 1 N–H and O–H groups in total. The molecule has 2 aliphatic rings. The predicted molar refractivity (Wildman–Crippen MR) is 89.0 cm³/mol. The first kappa shape index (κ1) is 16.6. The van der Waals surface area contributed by atoms with E-state index in [0.717, 1.165) is 25.0 Å². The maximum Gasteiger partial charge on any atom is 0.220 e. The molecule has 2 aliphatic heterocycles. The highest BCUT2D eigenvalue weighted by Crippen LogP contribution is 2.37. The highest BCUT2D eigenvalue weighted by molar-refractivity contribution is 5.76. The van der Waals surface area contributed by atoms with E-state index in [1.54, 1.807) is 6.20 Å². The number of hydrogen-bond donors (Lipinski definition) is 1. The molecule has 2 atom stereocenters. The number of nitrogens with zero attached hydrogens (tertiary/aromatic N) is 3. The Kier molecular flexibility index (Phi) is 5.21. The van der Waals surface area contributed by atoms with Gasteiger partial charge in [-0.15, -0.1) is 12.3 Å². The molecule has 6 heteroatoms. The van der Waals surface area contributed by atoms with Crippen molar-refractivity contribution in [3.8, 4) is 12.3 Å². The average Bonchev–Trinajstić information content (AvgIpc) is 3.40. The number of terminal acetylenes is 1. The summed E-state index contributed by atoms with van der Waals surface area (Å²) in [6.07, 6.45) is 11.0. The number of carbonyl (C=O) groups is 1. The van der Waals surface area contributed by atoms with Crippen molar-refractivity contribution >= 4 is 5.91 Å². The second kappa shape index (κ2) is 7.54. The lowest BCUT2D eigenvalue weighted by Crippen LogP contribution is -2.40. The normalized spacial score (nSPS) is 24.1.